The Morgan fingerprint density at radius 3 is 1.65 bits per heavy atom. The number of carbonyl (C=O) groups is 2. The third kappa shape index (κ3) is 1.83. The number of hydrogen-bond acceptors (Lipinski definition) is 4. The first kappa shape index (κ1) is 15.5. The van der Waals surface area contributed by atoms with Crippen LogP contribution in [0.15, 0.2) is 10.5 Å². The predicted molar refractivity (Wildman–Crippen MR) is 70.6 cm³/mol. The molecule has 1 aliphatic carbocycles. The van der Waals surface area contributed by atoms with Crippen molar-refractivity contribution in [1.82, 2.24) is 0 Å². The standard InChI is InChI=1S/C14H3BrF4O4/c15-2-1-3(20)4-7(12(2)21)14(23)6-5(13(4)22)8(16)10(18)11(19)9(6)17/h1,20-21H. The molecule has 118 valence electrons. The van der Waals surface area contributed by atoms with Crippen LogP contribution in [0, 0.1) is 23.3 Å². The quantitative estimate of drug-likeness (QED) is 0.267. The van der Waals surface area contributed by atoms with E-state index in [1.165, 1.54) is 0 Å². The number of benzene rings is 2. The summed E-state index contributed by atoms with van der Waals surface area (Å²) in [6.45, 7) is 0. The van der Waals surface area contributed by atoms with Gasteiger partial charge in [-0.25, -0.2) is 17.6 Å². The molecule has 0 radical (unpaired) electrons. The second-order valence-electron chi connectivity index (χ2n) is 4.64. The highest BCUT2D eigenvalue weighted by molar-refractivity contribution is 9.10. The van der Waals surface area contributed by atoms with Crippen LogP contribution in [-0.4, -0.2) is 21.8 Å². The maximum absolute atomic E-state index is 13.9. The second-order valence-corrected chi connectivity index (χ2v) is 5.49. The lowest BCUT2D eigenvalue weighted by Gasteiger charge is -2.21. The Kier molecular flexibility index (Phi) is 3.22. The summed E-state index contributed by atoms with van der Waals surface area (Å²) in [5, 5.41) is 19.6. The van der Waals surface area contributed by atoms with Crippen molar-refractivity contribution >= 4 is 27.5 Å². The maximum Gasteiger partial charge on any atom is 0.201 e. The van der Waals surface area contributed by atoms with E-state index >= 15 is 0 Å². The van der Waals surface area contributed by atoms with Crippen molar-refractivity contribution in [2.24, 2.45) is 0 Å². The highest BCUT2D eigenvalue weighted by Gasteiger charge is 2.42. The van der Waals surface area contributed by atoms with Gasteiger partial charge in [-0.05, 0) is 22.0 Å². The molecule has 0 atom stereocenters. The minimum atomic E-state index is -2.26. The van der Waals surface area contributed by atoms with Crippen LogP contribution in [0.5, 0.6) is 11.5 Å². The molecule has 0 fully saturated rings. The summed E-state index contributed by atoms with van der Waals surface area (Å²) in [6, 6.07) is 0.846. The third-order valence-electron chi connectivity index (χ3n) is 3.41. The largest absolute Gasteiger partial charge is 0.507 e. The van der Waals surface area contributed by atoms with Gasteiger partial charge >= 0.3 is 0 Å². The Hall–Kier alpha value is -2.42. The van der Waals surface area contributed by atoms with Gasteiger partial charge in [-0.15, -0.1) is 0 Å². The molecular weight excluding hydrogens is 388 g/mol. The molecule has 9 heteroatoms. The van der Waals surface area contributed by atoms with Crippen molar-refractivity contribution in [1.29, 1.82) is 0 Å². The third-order valence-corrected chi connectivity index (χ3v) is 4.01. The first-order valence-corrected chi connectivity index (χ1v) is 6.67. The summed E-state index contributed by atoms with van der Waals surface area (Å²) in [4.78, 5) is 24.5. The molecule has 23 heavy (non-hydrogen) atoms. The van der Waals surface area contributed by atoms with Gasteiger partial charge < -0.3 is 10.2 Å². The van der Waals surface area contributed by atoms with Crippen molar-refractivity contribution in [2.45, 2.75) is 0 Å². The van der Waals surface area contributed by atoms with E-state index in [2.05, 4.69) is 15.9 Å². The smallest absolute Gasteiger partial charge is 0.201 e. The van der Waals surface area contributed by atoms with E-state index in [9.17, 15) is 37.4 Å². The van der Waals surface area contributed by atoms with E-state index in [0.717, 1.165) is 6.07 Å². The number of aromatic hydroxyl groups is 2. The molecular formula is C14H3BrF4O4. The van der Waals surface area contributed by atoms with Gasteiger partial charge in [-0.2, -0.15) is 0 Å². The fourth-order valence-corrected chi connectivity index (χ4v) is 2.80. The lowest BCUT2D eigenvalue weighted by molar-refractivity contribution is 0.0964. The second kappa shape index (κ2) is 4.79. The van der Waals surface area contributed by atoms with E-state index in [4.69, 9.17) is 0 Å². The van der Waals surface area contributed by atoms with E-state index < -0.39 is 68.6 Å². The number of halogens is 5. The molecule has 0 saturated heterocycles. The molecule has 0 aromatic heterocycles. The van der Waals surface area contributed by atoms with E-state index in [-0.39, 0.29) is 4.47 Å². The van der Waals surface area contributed by atoms with E-state index in [1.54, 1.807) is 0 Å². The molecule has 1 aliphatic rings. The number of rotatable bonds is 0. The van der Waals surface area contributed by atoms with Crippen LogP contribution in [0.2, 0.25) is 0 Å². The molecule has 0 saturated carbocycles. The van der Waals surface area contributed by atoms with Crippen molar-refractivity contribution in [3.63, 3.8) is 0 Å². The van der Waals surface area contributed by atoms with Crippen LogP contribution in [-0.2, 0) is 0 Å². The normalized spacial score (nSPS) is 13.1. The number of hydrogen-bond donors (Lipinski definition) is 2. The average molecular weight is 391 g/mol. The molecule has 4 nitrogen and oxygen atoms in total. The minimum Gasteiger partial charge on any atom is -0.507 e. The topological polar surface area (TPSA) is 74.6 Å². The number of phenolic OH excluding ortho intramolecular Hbond substituents is 2. The zero-order chi connectivity index (χ0) is 17.2. The van der Waals surface area contributed by atoms with Gasteiger partial charge in [-0.1, -0.05) is 0 Å². The Balaban J connectivity index is 2.51. The Morgan fingerprint density at radius 2 is 1.17 bits per heavy atom. The monoisotopic (exact) mass is 390 g/mol. The Morgan fingerprint density at radius 1 is 0.739 bits per heavy atom. The lowest BCUT2D eigenvalue weighted by atomic mass is 9.82. The number of carbonyl (C=O) groups excluding carboxylic acids is 2. The number of ketones is 2. The van der Waals surface area contributed by atoms with E-state index in [1.807, 2.05) is 0 Å². The van der Waals surface area contributed by atoms with Gasteiger partial charge in [-0.3, -0.25) is 9.59 Å². The van der Waals surface area contributed by atoms with Crippen LogP contribution < -0.4 is 0 Å². The summed E-state index contributed by atoms with van der Waals surface area (Å²) < 4.78 is 54.2. The zero-order valence-corrected chi connectivity index (χ0v) is 12.3. The molecule has 0 heterocycles. The molecule has 2 N–H and O–H groups in total. The van der Waals surface area contributed by atoms with Gasteiger partial charge in [0.15, 0.2) is 23.3 Å². The molecule has 0 spiro atoms. The van der Waals surface area contributed by atoms with Crippen molar-refractivity contribution in [3.05, 3.63) is 56.1 Å². The summed E-state index contributed by atoms with van der Waals surface area (Å²) in [5.41, 5.74) is -4.34. The first-order chi connectivity index (χ1) is 10.7. The summed E-state index contributed by atoms with van der Waals surface area (Å²) >= 11 is 2.80. The highest BCUT2D eigenvalue weighted by atomic mass is 79.9. The molecule has 0 amide bonds. The van der Waals surface area contributed by atoms with Crippen LogP contribution in [0.1, 0.15) is 31.8 Å². The van der Waals surface area contributed by atoms with E-state index in [0.29, 0.717) is 0 Å². The fraction of sp³-hybridized carbons (Fsp3) is 0. The number of phenols is 2. The van der Waals surface area contributed by atoms with Crippen LogP contribution >= 0.6 is 15.9 Å². The van der Waals surface area contributed by atoms with Crippen LogP contribution in [0.25, 0.3) is 0 Å². The van der Waals surface area contributed by atoms with Gasteiger partial charge in [0, 0.05) is 0 Å². The molecule has 3 rings (SSSR count). The molecule has 0 aliphatic heterocycles. The fourth-order valence-electron chi connectivity index (χ4n) is 2.39. The van der Waals surface area contributed by atoms with Gasteiger partial charge in [0.1, 0.15) is 11.5 Å². The minimum absolute atomic E-state index is 0.207. The van der Waals surface area contributed by atoms with Crippen LogP contribution in [0.3, 0.4) is 0 Å². The first-order valence-electron chi connectivity index (χ1n) is 5.88. The van der Waals surface area contributed by atoms with Gasteiger partial charge in [0.05, 0.1) is 26.7 Å². The predicted octanol–water partition coefficient (Wildman–Crippen LogP) is 3.19. The van der Waals surface area contributed by atoms with Crippen LogP contribution in [0.4, 0.5) is 17.6 Å². The summed E-state index contributed by atoms with van der Waals surface area (Å²) in [7, 11) is 0. The zero-order valence-electron chi connectivity index (χ0n) is 10.7. The molecule has 0 bridgehead atoms. The highest BCUT2D eigenvalue weighted by Crippen LogP contribution is 2.43. The SMILES string of the molecule is O=C1c2c(O)cc(Br)c(O)c2C(=O)c2c(F)c(F)c(F)c(F)c21. The molecule has 2 aromatic rings. The average Bonchev–Trinajstić information content (AvgIpc) is 2.49. The van der Waals surface area contributed by atoms with Crippen molar-refractivity contribution in [3.8, 4) is 11.5 Å². The maximum atomic E-state index is 13.9. The van der Waals surface area contributed by atoms with Crippen molar-refractivity contribution < 1.29 is 37.4 Å². The summed E-state index contributed by atoms with van der Waals surface area (Å²) in [5.74, 6) is -13.2. The van der Waals surface area contributed by atoms with Gasteiger partial charge in [0.2, 0.25) is 11.6 Å². The Labute approximate surface area is 133 Å². The lowest BCUT2D eigenvalue weighted by Crippen LogP contribution is -2.26. The van der Waals surface area contributed by atoms with Crippen molar-refractivity contribution in [2.75, 3.05) is 0 Å². The number of fused-ring (bicyclic) bond motifs is 2. The molecule has 0 unspecified atom stereocenters. The van der Waals surface area contributed by atoms with Gasteiger partial charge in [0.25, 0.3) is 0 Å². The molecule has 2 aromatic carbocycles. The Bertz CT molecular complexity index is 940. The summed E-state index contributed by atoms with van der Waals surface area (Å²) in [6.07, 6.45) is 0.